The summed E-state index contributed by atoms with van der Waals surface area (Å²) in [6.45, 7) is 5.76. The molecule has 0 radical (unpaired) electrons. The van der Waals surface area contributed by atoms with Gasteiger partial charge in [-0.05, 0) is 49.7 Å². The number of nitrogens with zero attached hydrogens (tertiary/aromatic N) is 3. The van der Waals surface area contributed by atoms with Crippen LogP contribution in [0.1, 0.15) is 24.1 Å². The predicted octanol–water partition coefficient (Wildman–Crippen LogP) is 4.83. The van der Waals surface area contributed by atoms with Crippen molar-refractivity contribution in [1.29, 1.82) is 0 Å². The van der Waals surface area contributed by atoms with E-state index in [1.54, 1.807) is 0 Å². The molecule has 0 fully saturated rings. The summed E-state index contributed by atoms with van der Waals surface area (Å²) in [5.74, 6) is 1.21. The lowest BCUT2D eigenvalue weighted by molar-refractivity contribution is 0.604. The number of rotatable bonds is 3. The Bertz CT molecular complexity index is 1090. The second-order valence-corrected chi connectivity index (χ2v) is 6.09. The van der Waals surface area contributed by atoms with Gasteiger partial charge in [-0.3, -0.25) is 0 Å². The lowest BCUT2D eigenvalue weighted by atomic mass is 10.1. The van der Waals surface area contributed by atoms with Crippen molar-refractivity contribution in [3.05, 3.63) is 65.7 Å². The zero-order valence-corrected chi connectivity index (χ0v) is 14.4. The van der Waals surface area contributed by atoms with E-state index < -0.39 is 0 Å². The van der Waals surface area contributed by atoms with Crippen LogP contribution in [-0.2, 0) is 0 Å². The summed E-state index contributed by atoms with van der Waals surface area (Å²) in [6.07, 6.45) is 0. The van der Waals surface area contributed by atoms with Gasteiger partial charge in [-0.15, -0.1) is 0 Å². The fraction of sp³-hybridized carbons (Fsp3) is 0.150. The minimum Gasteiger partial charge on any atom is -0.455 e. The Kier molecular flexibility index (Phi) is 3.69. The number of nitrogens with one attached hydrogen (secondary N) is 1. The lowest BCUT2D eigenvalue weighted by Crippen LogP contribution is -2.03. The van der Waals surface area contributed by atoms with E-state index in [1.807, 2.05) is 51.1 Å². The number of hydrogen-bond donors (Lipinski definition) is 1. The molecule has 0 saturated carbocycles. The zero-order valence-electron chi connectivity index (χ0n) is 14.4. The van der Waals surface area contributed by atoms with E-state index in [4.69, 9.17) is 4.42 Å². The van der Waals surface area contributed by atoms with E-state index in [1.165, 1.54) is 10.8 Å². The van der Waals surface area contributed by atoms with Crippen molar-refractivity contribution in [2.75, 3.05) is 5.43 Å². The first-order chi connectivity index (χ1) is 12.1. The van der Waals surface area contributed by atoms with Crippen molar-refractivity contribution in [3.8, 4) is 0 Å². The van der Waals surface area contributed by atoms with E-state index in [2.05, 4.69) is 38.7 Å². The normalized spacial score (nSPS) is 12.0. The van der Waals surface area contributed by atoms with Crippen LogP contribution >= 0.6 is 0 Å². The molecule has 124 valence electrons. The topological polar surface area (TPSA) is 63.3 Å². The number of aromatic nitrogens is 2. The van der Waals surface area contributed by atoms with Gasteiger partial charge in [0, 0.05) is 16.8 Å². The van der Waals surface area contributed by atoms with Crippen molar-refractivity contribution in [2.24, 2.45) is 5.10 Å². The van der Waals surface area contributed by atoms with Crippen molar-refractivity contribution < 1.29 is 4.42 Å². The molecule has 2 aromatic heterocycles. The van der Waals surface area contributed by atoms with Crippen LogP contribution in [0.25, 0.3) is 21.7 Å². The number of benzene rings is 2. The molecule has 4 rings (SSSR count). The summed E-state index contributed by atoms with van der Waals surface area (Å²) in [5.41, 5.74) is 6.31. The molecule has 0 aliphatic heterocycles. The molecule has 0 aliphatic carbocycles. The second-order valence-electron chi connectivity index (χ2n) is 6.09. The highest BCUT2D eigenvalue weighted by Gasteiger charge is 2.09. The SMILES string of the molecule is C/C(=N\Nc1nc(C)cc(C)n1)c1cc2c(ccc3ccccc32)o1. The highest BCUT2D eigenvalue weighted by molar-refractivity contribution is 6.09. The fourth-order valence-corrected chi connectivity index (χ4v) is 2.94. The van der Waals surface area contributed by atoms with E-state index in [9.17, 15) is 0 Å². The van der Waals surface area contributed by atoms with Crippen molar-refractivity contribution in [1.82, 2.24) is 9.97 Å². The predicted molar refractivity (Wildman–Crippen MR) is 101 cm³/mol. The molecule has 5 nitrogen and oxygen atoms in total. The van der Waals surface area contributed by atoms with Crippen molar-refractivity contribution >= 4 is 33.4 Å². The molecule has 4 aromatic rings. The second kappa shape index (κ2) is 6.02. The van der Waals surface area contributed by atoms with Crippen LogP contribution in [0.15, 0.2) is 58.0 Å². The maximum atomic E-state index is 5.96. The Hall–Kier alpha value is -3.21. The molecule has 0 unspecified atom stereocenters. The maximum Gasteiger partial charge on any atom is 0.243 e. The lowest BCUT2D eigenvalue weighted by Gasteiger charge is -2.02. The van der Waals surface area contributed by atoms with Crippen LogP contribution in [0.2, 0.25) is 0 Å². The first kappa shape index (κ1) is 15.3. The minimum atomic E-state index is 0.485. The van der Waals surface area contributed by atoms with Gasteiger partial charge in [0.25, 0.3) is 0 Å². The van der Waals surface area contributed by atoms with Gasteiger partial charge in [-0.2, -0.15) is 5.10 Å². The molecule has 25 heavy (non-hydrogen) atoms. The van der Waals surface area contributed by atoms with Crippen molar-refractivity contribution in [2.45, 2.75) is 20.8 Å². The molecule has 1 N–H and O–H groups in total. The van der Waals surface area contributed by atoms with Gasteiger partial charge in [0.2, 0.25) is 5.95 Å². The monoisotopic (exact) mass is 330 g/mol. The number of aryl methyl sites for hydroxylation is 2. The van der Waals surface area contributed by atoms with Crippen LogP contribution in [0.3, 0.4) is 0 Å². The highest BCUT2D eigenvalue weighted by atomic mass is 16.3. The Morgan fingerprint density at radius 1 is 0.960 bits per heavy atom. The molecule has 0 aliphatic rings. The Morgan fingerprint density at radius 2 is 1.72 bits per heavy atom. The average molecular weight is 330 g/mol. The van der Waals surface area contributed by atoms with Gasteiger partial charge in [-0.25, -0.2) is 15.4 Å². The molecule has 0 amide bonds. The average Bonchev–Trinajstić information content (AvgIpc) is 3.04. The smallest absolute Gasteiger partial charge is 0.243 e. The van der Waals surface area contributed by atoms with Gasteiger partial charge >= 0.3 is 0 Å². The first-order valence-electron chi connectivity index (χ1n) is 8.14. The van der Waals surface area contributed by atoms with Gasteiger partial charge in [0.1, 0.15) is 11.3 Å². The standard InChI is InChI=1S/C20H18N4O/c1-12-10-13(2)22-20(21-12)24-23-14(3)19-11-17-16-7-5-4-6-15(16)8-9-18(17)25-19/h4-11H,1-3H3,(H,21,22,24)/b23-14+. The largest absolute Gasteiger partial charge is 0.455 e. The third-order valence-corrected chi connectivity index (χ3v) is 4.09. The summed E-state index contributed by atoms with van der Waals surface area (Å²) >= 11 is 0. The van der Waals surface area contributed by atoms with Crippen LogP contribution < -0.4 is 5.43 Å². The molecule has 0 bridgehead atoms. The molecule has 0 atom stereocenters. The van der Waals surface area contributed by atoms with E-state index in [0.29, 0.717) is 5.95 Å². The molecule has 2 aromatic carbocycles. The summed E-state index contributed by atoms with van der Waals surface area (Å²) in [4.78, 5) is 8.65. The summed E-state index contributed by atoms with van der Waals surface area (Å²) in [6, 6.07) is 16.3. The van der Waals surface area contributed by atoms with Crippen LogP contribution in [-0.4, -0.2) is 15.7 Å². The Labute approximate surface area is 145 Å². The van der Waals surface area contributed by atoms with Crippen LogP contribution in [0, 0.1) is 13.8 Å². The van der Waals surface area contributed by atoms with Crippen molar-refractivity contribution in [3.63, 3.8) is 0 Å². The molecule has 2 heterocycles. The maximum absolute atomic E-state index is 5.96. The van der Waals surface area contributed by atoms with E-state index >= 15 is 0 Å². The Balaban J connectivity index is 1.69. The van der Waals surface area contributed by atoms with E-state index in [-0.39, 0.29) is 0 Å². The molecule has 0 saturated heterocycles. The molecular weight excluding hydrogens is 312 g/mol. The zero-order chi connectivity index (χ0) is 17.4. The Morgan fingerprint density at radius 3 is 2.52 bits per heavy atom. The number of hydrazone groups is 1. The molecule has 0 spiro atoms. The van der Waals surface area contributed by atoms with E-state index in [0.717, 1.165) is 33.8 Å². The summed E-state index contributed by atoms with van der Waals surface area (Å²) < 4.78 is 5.96. The van der Waals surface area contributed by atoms with Gasteiger partial charge in [0.05, 0.1) is 0 Å². The number of hydrogen-bond acceptors (Lipinski definition) is 5. The minimum absolute atomic E-state index is 0.485. The highest BCUT2D eigenvalue weighted by Crippen LogP contribution is 2.28. The summed E-state index contributed by atoms with van der Waals surface area (Å²) in [5, 5.41) is 7.83. The molecular formula is C20H18N4O. The third-order valence-electron chi connectivity index (χ3n) is 4.09. The van der Waals surface area contributed by atoms with Crippen LogP contribution in [0.4, 0.5) is 5.95 Å². The van der Waals surface area contributed by atoms with Gasteiger partial charge < -0.3 is 4.42 Å². The first-order valence-corrected chi connectivity index (χ1v) is 8.14. The van der Waals surface area contributed by atoms with Crippen LogP contribution in [0.5, 0.6) is 0 Å². The number of furan rings is 1. The third kappa shape index (κ3) is 2.96. The van der Waals surface area contributed by atoms with Gasteiger partial charge in [0.15, 0.2) is 5.76 Å². The summed E-state index contributed by atoms with van der Waals surface area (Å²) in [7, 11) is 0. The number of anilines is 1. The molecule has 5 heteroatoms. The quantitative estimate of drug-likeness (QED) is 0.432. The van der Waals surface area contributed by atoms with Gasteiger partial charge in [-0.1, -0.05) is 30.3 Å². The fourth-order valence-electron chi connectivity index (χ4n) is 2.94. The number of fused-ring (bicyclic) bond motifs is 3.